The van der Waals surface area contributed by atoms with Crippen LogP contribution >= 0.6 is 0 Å². The summed E-state index contributed by atoms with van der Waals surface area (Å²) in [6.07, 6.45) is 7.91. The smallest absolute Gasteiger partial charge is 0.407 e. The van der Waals surface area contributed by atoms with Gasteiger partial charge in [0, 0.05) is 19.3 Å². The van der Waals surface area contributed by atoms with Crippen molar-refractivity contribution in [3.8, 4) is 17.1 Å². The predicted octanol–water partition coefficient (Wildman–Crippen LogP) is 4.73. The third-order valence-corrected chi connectivity index (χ3v) is 5.42. The molecule has 1 amide bonds. The summed E-state index contributed by atoms with van der Waals surface area (Å²) >= 11 is 0. The highest BCUT2D eigenvalue weighted by molar-refractivity contribution is 5.67. The van der Waals surface area contributed by atoms with Crippen molar-refractivity contribution in [3.05, 3.63) is 66.5 Å². The molecule has 1 saturated heterocycles. The molecule has 0 aliphatic carbocycles. The van der Waals surface area contributed by atoms with E-state index in [9.17, 15) is 4.79 Å². The number of aromatic nitrogens is 3. The molecule has 3 aromatic rings. The Labute approximate surface area is 193 Å². The number of alkyl carbamates (subject to hydrolysis) is 1. The van der Waals surface area contributed by atoms with E-state index in [0.717, 1.165) is 55.7 Å². The molecule has 1 unspecified atom stereocenters. The fourth-order valence-electron chi connectivity index (χ4n) is 3.66. The van der Waals surface area contributed by atoms with Crippen molar-refractivity contribution in [2.75, 3.05) is 19.8 Å². The summed E-state index contributed by atoms with van der Waals surface area (Å²) in [5, 5.41) is 7.20. The fourth-order valence-corrected chi connectivity index (χ4v) is 3.66. The van der Waals surface area contributed by atoms with Gasteiger partial charge in [0.15, 0.2) is 6.23 Å². The van der Waals surface area contributed by atoms with Crippen molar-refractivity contribution >= 4 is 6.09 Å². The Hall–Kier alpha value is -3.39. The molecule has 4 rings (SSSR count). The van der Waals surface area contributed by atoms with E-state index in [1.54, 1.807) is 12.4 Å². The van der Waals surface area contributed by atoms with Gasteiger partial charge in [0.2, 0.25) is 0 Å². The number of pyridine rings is 1. The second kappa shape index (κ2) is 12.0. The summed E-state index contributed by atoms with van der Waals surface area (Å²) in [5.41, 5.74) is 2.75. The lowest BCUT2D eigenvalue weighted by atomic mass is 10.2. The van der Waals surface area contributed by atoms with E-state index in [2.05, 4.69) is 15.4 Å². The standard InChI is InChI=1S/C25H30N4O4/c30-25(33-19-20-8-2-1-3-9-20)26-14-5-7-16-31-21-11-12-22(27-18-21)23-13-15-28-29(23)24-10-4-6-17-32-24/h1-3,8-9,11-13,15,18,24H,4-7,10,14,16-17,19H2,(H,26,30). The molecule has 1 aliphatic rings. The molecule has 1 aromatic carbocycles. The largest absolute Gasteiger partial charge is 0.492 e. The Bertz CT molecular complexity index is 985. The SMILES string of the molecule is O=C(NCCCCOc1ccc(-c2ccnn2C2CCCCO2)nc1)OCc1ccccc1. The normalized spacial score (nSPS) is 15.7. The van der Waals surface area contributed by atoms with Gasteiger partial charge in [-0.25, -0.2) is 9.48 Å². The third-order valence-electron chi connectivity index (χ3n) is 5.42. The van der Waals surface area contributed by atoms with Gasteiger partial charge in [0.25, 0.3) is 0 Å². The van der Waals surface area contributed by atoms with Gasteiger partial charge in [-0.1, -0.05) is 30.3 Å². The number of carbonyl (C=O) groups is 1. The Balaban J connectivity index is 1.14. The van der Waals surface area contributed by atoms with E-state index in [-0.39, 0.29) is 12.8 Å². The van der Waals surface area contributed by atoms with E-state index in [0.29, 0.717) is 18.9 Å². The maximum atomic E-state index is 11.7. The minimum absolute atomic E-state index is 0.0225. The maximum Gasteiger partial charge on any atom is 0.407 e. The number of carbonyl (C=O) groups excluding carboxylic acids is 1. The van der Waals surface area contributed by atoms with Crippen LogP contribution in [0.15, 0.2) is 60.9 Å². The zero-order valence-electron chi connectivity index (χ0n) is 18.7. The lowest BCUT2D eigenvalue weighted by Crippen LogP contribution is -2.25. The van der Waals surface area contributed by atoms with Crippen molar-refractivity contribution in [3.63, 3.8) is 0 Å². The summed E-state index contributed by atoms with van der Waals surface area (Å²) in [5.74, 6) is 0.717. The molecule has 3 heterocycles. The van der Waals surface area contributed by atoms with Crippen molar-refractivity contribution in [1.82, 2.24) is 20.1 Å². The summed E-state index contributed by atoms with van der Waals surface area (Å²) in [6.45, 7) is 2.14. The molecule has 1 atom stereocenters. The molecule has 33 heavy (non-hydrogen) atoms. The van der Waals surface area contributed by atoms with Crippen LogP contribution in [-0.2, 0) is 16.1 Å². The van der Waals surface area contributed by atoms with Crippen LogP contribution in [0.5, 0.6) is 5.75 Å². The quantitative estimate of drug-likeness (QED) is 0.449. The van der Waals surface area contributed by atoms with Crippen molar-refractivity contribution in [2.45, 2.75) is 44.9 Å². The maximum absolute atomic E-state index is 11.7. The second-order valence-electron chi connectivity index (χ2n) is 7.91. The predicted molar refractivity (Wildman–Crippen MR) is 124 cm³/mol. The highest BCUT2D eigenvalue weighted by Gasteiger charge is 2.20. The first-order valence-corrected chi connectivity index (χ1v) is 11.5. The molecule has 0 spiro atoms. The minimum Gasteiger partial charge on any atom is -0.492 e. The summed E-state index contributed by atoms with van der Waals surface area (Å²) in [7, 11) is 0. The molecular formula is C25H30N4O4. The van der Waals surface area contributed by atoms with Gasteiger partial charge in [-0.05, 0) is 55.9 Å². The molecule has 2 aromatic heterocycles. The third kappa shape index (κ3) is 6.79. The first-order valence-electron chi connectivity index (χ1n) is 11.5. The Morgan fingerprint density at radius 2 is 2.03 bits per heavy atom. The van der Waals surface area contributed by atoms with Gasteiger partial charge in [-0.3, -0.25) is 4.98 Å². The molecule has 1 aliphatic heterocycles. The summed E-state index contributed by atoms with van der Waals surface area (Å²) in [4.78, 5) is 16.3. The van der Waals surface area contributed by atoms with E-state index in [1.165, 1.54) is 0 Å². The van der Waals surface area contributed by atoms with Crippen LogP contribution in [0.4, 0.5) is 4.79 Å². The van der Waals surface area contributed by atoms with Gasteiger partial charge in [-0.15, -0.1) is 0 Å². The summed E-state index contributed by atoms with van der Waals surface area (Å²) < 4.78 is 18.7. The Kier molecular flexibility index (Phi) is 8.30. The van der Waals surface area contributed by atoms with E-state index >= 15 is 0 Å². The minimum atomic E-state index is -0.405. The lowest BCUT2D eigenvalue weighted by Gasteiger charge is -2.24. The Morgan fingerprint density at radius 3 is 2.82 bits per heavy atom. The molecule has 0 radical (unpaired) electrons. The molecule has 1 fully saturated rings. The van der Waals surface area contributed by atoms with Crippen LogP contribution in [0.25, 0.3) is 11.4 Å². The van der Waals surface area contributed by atoms with Crippen molar-refractivity contribution < 1.29 is 19.0 Å². The van der Waals surface area contributed by atoms with Gasteiger partial charge in [0.05, 0.1) is 24.2 Å². The van der Waals surface area contributed by atoms with Gasteiger partial charge in [-0.2, -0.15) is 5.10 Å². The zero-order valence-corrected chi connectivity index (χ0v) is 18.7. The molecule has 8 nitrogen and oxygen atoms in total. The number of ether oxygens (including phenoxy) is 3. The second-order valence-corrected chi connectivity index (χ2v) is 7.91. The number of hydrogen-bond donors (Lipinski definition) is 1. The van der Waals surface area contributed by atoms with Gasteiger partial charge >= 0.3 is 6.09 Å². The summed E-state index contributed by atoms with van der Waals surface area (Å²) in [6, 6.07) is 15.4. The van der Waals surface area contributed by atoms with Crippen LogP contribution in [-0.4, -0.2) is 40.6 Å². The van der Waals surface area contributed by atoms with E-state index in [1.807, 2.05) is 53.2 Å². The van der Waals surface area contributed by atoms with Crippen LogP contribution in [0.2, 0.25) is 0 Å². The zero-order chi connectivity index (χ0) is 22.7. The Morgan fingerprint density at radius 1 is 1.12 bits per heavy atom. The monoisotopic (exact) mass is 450 g/mol. The number of benzene rings is 1. The highest BCUT2D eigenvalue weighted by Crippen LogP contribution is 2.27. The molecular weight excluding hydrogens is 420 g/mol. The van der Waals surface area contributed by atoms with Crippen molar-refractivity contribution in [1.29, 1.82) is 0 Å². The number of nitrogens with one attached hydrogen (secondary N) is 1. The molecule has 0 saturated carbocycles. The van der Waals surface area contributed by atoms with Crippen LogP contribution in [0.3, 0.4) is 0 Å². The lowest BCUT2D eigenvalue weighted by molar-refractivity contribution is -0.0384. The van der Waals surface area contributed by atoms with Gasteiger partial charge in [0.1, 0.15) is 12.4 Å². The number of hydrogen-bond acceptors (Lipinski definition) is 6. The van der Waals surface area contributed by atoms with E-state index in [4.69, 9.17) is 14.2 Å². The van der Waals surface area contributed by atoms with Crippen LogP contribution in [0.1, 0.15) is 43.9 Å². The van der Waals surface area contributed by atoms with Crippen LogP contribution < -0.4 is 10.1 Å². The molecule has 1 N–H and O–H groups in total. The molecule has 174 valence electrons. The number of amides is 1. The topological polar surface area (TPSA) is 87.5 Å². The highest BCUT2D eigenvalue weighted by atomic mass is 16.5. The number of unbranched alkanes of at least 4 members (excludes halogenated alkanes) is 1. The number of nitrogens with zero attached hydrogens (tertiary/aromatic N) is 3. The fraction of sp³-hybridized carbons (Fsp3) is 0.400. The van der Waals surface area contributed by atoms with Gasteiger partial charge < -0.3 is 19.5 Å². The van der Waals surface area contributed by atoms with Crippen molar-refractivity contribution in [2.24, 2.45) is 0 Å². The average molecular weight is 451 g/mol. The first-order chi connectivity index (χ1) is 16.3. The average Bonchev–Trinajstić information content (AvgIpc) is 3.36. The molecule has 0 bridgehead atoms. The van der Waals surface area contributed by atoms with E-state index < -0.39 is 6.09 Å². The van der Waals surface area contributed by atoms with Crippen LogP contribution in [0, 0.1) is 0 Å². The number of rotatable bonds is 10. The molecule has 8 heteroatoms. The first kappa shape index (κ1) is 22.8.